The fourth-order valence-corrected chi connectivity index (χ4v) is 5.31. The van der Waals surface area contributed by atoms with Crippen molar-refractivity contribution in [1.29, 1.82) is 5.26 Å². The molecule has 0 bridgehead atoms. The normalized spacial score (nSPS) is 14.1. The molecule has 176 valence electrons. The van der Waals surface area contributed by atoms with Crippen LogP contribution < -0.4 is 16.6 Å². The Labute approximate surface area is 207 Å². The summed E-state index contributed by atoms with van der Waals surface area (Å²) in [5.74, 6) is 0. The molecule has 36 heavy (non-hydrogen) atoms. The fourth-order valence-electron chi connectivity index (χ4n) is 5.31. The van der Waals surface area contributed by atoms with E-state index < -0.39 is 0 Å². The maximum atomic E-state index is 13.7. The van der Waals surface area contributed by atoms with Crippen LogP contribution in [0.4, 0.5) is 5.69 Å². The Balaban J connectivity index is 1.85. The average Bonchev–Trinajstić information content (AvgIpc) is 3.27. The minimum atomic E-state index is -0.380. The average molecular weight is 474 g/mol. The number of hydrogen-bond donors (Lipinski definition) is 1. The number of nitriles is 1. The highest BCUT2D eigenvalue weighted by molar-refractivity contribution is 5.99. The van der Waals surface area contributed by atoms with Gasteiger partial charge in [0.1, 0.15) is 0 Å². The van der Waals surface area contributed by atoms with Crippen molar-refractivity contribution in [3.63, 3.8) is 0 Å². The molecule has 0 aliphatic carbocycles. The number of nitrogens with one attached hydrogen (secondary N) is 1. The molecular weight excluding hydrogens is 450 g/mol. The van der Waals surface area contributed by atoms with E-state index in [0.29, 0.717) is 16.5 Å². The number of benzene rings is 3. The maximum absolute atomic E-state index is 13.7. The van der Waals surface area contributed by atoms with Gasteiger partial charge in [0.15, 0.2) is 0 Å². The molecule has 1 aliphatic heterocycles. The molecule has 3 aromatic carbocycles. The highest BCUT2D eigenvalue weighted by Crippen LogP contribution is 2.45. The van der Waals surface area contributed by atoms with Crippen LogP contribution in [-0.4, -0.2) is 13.7 Å². The molecule has 3 heterocycles. The van der Waals surface area contributed by atoms with E-state index in [1.54, 1.807) is 23.7 Å². The lowest BCUT2D eigenvalue weighted by Gasteiger charge is -2.31. The van der Waals surface area contributed by atoms with Crippen LogP contribution in [0, 0.1) is 18.3 Å². The first kappa shape index (κ1) is 21.7. The van der Waals surface area contributed by atoms with Gasteiger partial charge in [0.05, 0.1) is 51.3 Å². The number of hydrogen-bond acceptors (Lipinski definition) is 4. The molecule has 7 nitrogen and oxygen atoms in total. The number of anilines is 1. The van der Waals surface area contributed by atoms with Gasteiger partial charge in [0, 0.05) is 19.7 Å². The van der Waals surface area contributed by atoms with Gasteiger partial charge in [-0.1, -0.05) is 48.5 Å². The molecule has 6 rings (SSSR count). The Morgan fingerprint density at radius 2 is 1.58 bits per heavy atom. The maximum Gasteiger partial charge on any atom is 0.331 e. The predicted molar refractivity (Wildman–Crippen MR) is 141 cm³/mol. The largest absolute Gasteiger partial charge is 0.371 e. The first-order valence-corrected chi connectivity index (χ1v) is 11.7. The lowest BCUT2D eigenvalue weighted by molar-refractivity contribution is 0.708. The first-order valence-electron chi connectivity index (χ1n) is 11.7. The molecule has 2 aromatic heterocycles. The van der Waals surface area contributed by atoms with Gasteiger partial charge >= 0.3 is 5.69 Å². The Morgan fingerprint density at radius 3 is 2.31 bits per heavy atom. The summed E-state index contributed by atoms with van der Waals surface area (Å²) in [6, 6.07) is 25.2. The minimum absolute atomic E-state index is 0.329. The molecule has 0 spiro atoms. The van der Waals surface area contributed by atoms with E-state index in [1.165, 1.54) is 11.6 Å². The third kappa shape index (κ3) is 2.91. The lowest BCUT2D eigenvalue weighted by atomic mass is 9.98. The van der Waals surface area contributed by atoms with Crippen LogP contribution in [0.2, 0.25) is 0 Å². The zero-order valence-corrected chi connectivity index (χ0v) is 20.1. The number of aromatic nitrogens is 3. The standard InChI is InChI=1S/C29H23N5O2/c1-17-8-4-5-9-20(17)25-23-26(32(2)29(36)33(3)28(23)35)27-24(19-14-12-18(16-30)13-15-19)31-21-10-6-7-11-22(21)34(25)27/h4-15,24,31H,1-3H3. The molecule has 1 aliphatic rings. The van der Waals surface area contributed by atoms with E-state index in [2.05, 4.69) is 16.0 Å². The van der Waals surface area contributed by atoms with Crippen molar-refractivity contribution in [2.45, 2.75) is 13.0 Å². The zero-order chi connectivity index (χ0) is 25.1. The van der Waals surface area contributed by atoms with Crippen molar-refractivity contribution in [2.75, 3.05) is 5.32 Å². The minimum Gasteiger partial charge on any atom is -0.371 e. The van der Waals surface area contributed by atoms with E-state index in [4.69, 9.17) is 0 Å². The molecule has 1 unspecified atom stereocenters. The molecule has 0 radical (unpaired) electrons. The van der Waals surface area contributed by atoms with Gasteiger partial charge in [0.25, 0.3) is 5.56 Å². The van der Waals surface area contributed by atoms with Crippen LogP contribution in [0.1, 0.15) is 28.4 Å². The fraction of sp³-hybridized carbons (Fsp3) is 0.138. The second-order valence-electron chi connectivity index (χ2n) is 9.14. The smallest absolute Gasteiger partial charge is 0.331 e. The van der Waals surface area contributed by atoms with Crippen molar-refractivity contribution in [1.82, 2.24) is 13.7 Å². The summed E-state index contributed by atoms with van der Waals surface area (Å²) in [6.45, 7) is 2.03. The summed E-state index contributed by atoms with van der Waals surface area (Å²) in [4.78, 5) is 26.9. The number of fused-ring (bicyclic) bond motifs is 5. The van der Waals surface area contributed by atoms with Gasteiger partial charge in [-0.3, -0.25) is 13.9 Å². The predicted octanol–water partition coefficient (Wildman–Crippen LogP) is 4.39. The molecule has 0 fully saturated rings. The van der Waals surface area contributed by atoms with Gasteiger partial charge in [-0.15, -0.1) is 0 Å². The van der Waals surface area contributed by atoms with Crippen LogP contribution >= 0.6 is 0 Å². The Hall–Kier alpha value is -4.83. The van der Waals surface area contributed by atoms with Crippen molar-refractivity contribution >= 4 is 16.6 Å². The van der Waals surface area contributed by atoms with Gasteiger partial charge in [-0.25, -0.2) is 4.79 Å². The van der Waals surface area contributed by atoms with E-state index in [0.717, 1.165) is 39.5 Å². The SMILES string of the molecule is Cc1ccccc1-c1c2c(=O)n(C)c(=O)n(C)c2c2n1-c1ccccc1NC2c1ccc(C#N)cc1. The van der Waals surface area contributed by atoms with E-state index >= 15 is 0 Å². The molecule has 7 heteroatoms. The van der Waals surface area contributed by atoms with Crippen LogP contribution in [0.25, 0.3) is 27.8 Å². The number of nitrogens with zero attached hydrogens (tertiary/aromatic N) is 4. The van der Waals surface area contributed by atoms with E-state index in [1.807, 2.05) is 67.6 Å². The topological polar surface area (TPSA) is 84.8 Å². The Morgan fingerprint density at radius 1 is 0.889 bits per heavy atom. The zero-order valence-electron chi connectivity index (χ0n) is 20.1. The molecule has 5 aromatic rings. The summed E-state index contributed by atoms with van der Waals surface area (Å²) < 4.78 is 4.87. The second-order valence-corrected chi connectivity index (χ2v) is 9.14. The van der Waals surface area contributed by atoms with Gasteiger partial charge in [-0.2, -0.15) is 5.26 Å². The number of rotatable bonds is 2. The summed E-state index contributed by atoms with van der Waals surface area (Å²) in [5.41, 5.74) is 6.73. The molecule has 1 atom stereocenters. The van der Waals surface area contributed by atoms with Gasteiger partial charge in [0.2, 0.25) is 0 Å². The third-order valence-electron chi connectivity index (χ3n) is 7.10. The van der Waals surface area contributed by atoms with Crippen LogP contribution in [0.5, 0.6) is 0 Å². The van der Waals surface area contributed by atoms with Crippen LogP contribution in [0.3, 0.4) is 0 Å². The van der Waals surface area contributed by atoms with Crippen molar-refractivity contribution in [3.8, 4) is 23.0 Å². The molecule has 0 saturated heterocycles. The number of para-hydroxylation sites is 2. The second kappa shape index (κ2) is 7.85. The number of aryl methyl sites for hydroxylation is 2. The molecular formula is C29H23N5O2. The van der Waals surface area contributed by atoms with E-state index in [9.17, 15) is 14.9 Å². The first-order chi connectivity index (χ1) is 17.4. The summed E-state index contributed by atoms with van der Waals surface area (Å²) in [7, 11) is 3.23. The Bertz CT molecular complexity index is 1850. The third-order valence-corrected chi connectivity index (χ3v) is 7.10. The lowest BCUT2D eigenvalue weighted by Crippen LogP contribution is -2.37. The Kier molecular flexibility index (Phi) is 4.73. The summed E-state index contributed by atoms with van der Waals surface area (Å²) in [6.07, 6.45) is 0. The molecule has 0 saturated carbocycles. The van der Waals surface area contributed by atoms with Crippen LogP contribution in [0.15, 0.2) is 82.4 Å². The van der Waals surface area contributed by atoms with E-state index in [-0.39, 0.29) is 17.3 Å². The van der Waals surface area contributed by atoms with Crippen molar-refractivity contribution in [3.05, 3.63) is 116 Å². The van der Waals surface area contributed by atoms with Gasteiger partial charge in [-0.05, 0) is 42.3 Å². The molecule has 1 N–H and O–H groups in total. The monoisotopic (exact) mass is 473 g/mol. The van der Waals surface area contributed by atoms with Gasteiger partial charge < -0.3 is 9.88 Å². The highest BCUT2D eigenvalue weighted by atomic mass is 16.2. The van der Waals surface area contributed by atoms with Crippen molar-refractivity contribution in [2.24, 2.45) is 14.1 Å². The van der Waals surface area contributed by atoms with Crippen molar-refractivity contribution < 1.29 is 0 Å². The van der Waals surface area contributed by atoms with Crippen LogP contribution in [-0.2, 0) is 14.1 Å². The molecule has 0 amide bonds. The highest BCUT2D eigenvalue weighted by Gasteiger charge is 2.34. The summed E-state index contributed by atoms with van der Waals surface area (Å²) >= 11 is 0. The quantitative estimate of drug-likeness (QED) is 0.412. The summed E-state index contributed by atoms with van der Waals surface area (Å²) in [5, 5.41) is 13.4.